The van der Waals surface area contributed by atoms with Gasteiger partial charge in [0.25, 0.3) is 0 Å². The topological polar surface area (TPSA) is 0 Å². The Morgan fingerprint density at radius 2 is 1.78 bits per heavy atom. The first-order chi connectivity index (χ1) is 4.36. The van der Waals surface area contributed by atoms with Gasteiger partial charge in [0, 0.05) is 0 Å². The summed E-state index contributed by atoms with van der Waals surface area (Å²) in [4.78, 5) is 0. The second-order valence-corrected chi connectivity index (χ2v) is 3.22. The summed E-state index contributed by atoms with van der Waals surface area (Å²) in [5.74, 6) is 2.42. The first-order valence-electron chi connectivity index (χ1n) is 3.73. The maximum Gasteiger partial charge on any atom is -0.00271 e. The van der Waals surface area contributed by atoms with E-state index in [1.165, 1.54) is 6.42 Å². The molecule has 0 spiro atoms. The zero-order chi connectivity index (χ0) is 6.27. The first-order valence-corrected chi connectivity index (χ1v) is 3.73. The Hall–Kier alpha value is -0.520. The van der Waals surface area contributed by atoms with Crippen LogP contribution < -0.4 is 0 Å². The molecule has 1 atom stereocenters. The van der Waals surface area contributed by atoms with Gasteiger partial charge < -0.3 is 0 Å². The smallest absolute Gasteiger partial charge is 0.00271 e. The third kappa shape index (κ3) is 0.735. The number of rotatable bonds is 0. The molecular formula is C9H12. The SMILES string of the molecule is CC1CC2C=CC1C=C2. The predicted octanol–water partition coefficient (Wildman–Crippen LogP) is 2.38. The van der Waals surface area contributed by atoms with Crippen molar-refractivity contribution in [2.24, 2.45) is 17.8 Å². The summed E-state index contributed by atoms with van der Waals surface area (Å²) in [6, 6.07) is 0. The average molecular weight is 120 g/mol. The molecule has 0 radical (unpaired) electrons. The van der Waals surface area contributed by atoms with Crippen LogP contribution in [0.25, 0.3) is 0 Å². The lowest BCUT2D eigenvalue weighted by Gasteiger charge is -2.30. The van der Waals surface area contributed by atoms with Crippen LogP contribution in [0, 0.1) is 17.8 Å². The van der Waals surface area contributed by atoms with Crippen LogP contribution in [0.2, 0.25) is 0 Å². The first kappa shape index (κ1) is 5.28. The second-order valence-electron chi connectivity index (χ2n) is 3.22. The molecule has 3 aliphatic rings. The van der Waals surface area contributed by atoms with Gasteiger partial charge in [-0.15, -0.1) is 0 Å². The fraction of sp³-hybridized carbons (Fsp3) is 0.556. The molecule has 0 aromatic rings. The number of hydrogen-bond acceptors (Lipinski definition) is 0. The number of allylic oxidation sites excluding steroid dienone is 4. The van der Waals surface area contributed by atoms with Crippen LogP contribution in [0.3, 0.4) is 0 Å². The minimum Gasteiger partial charge on any atom is -0.0810 e. The van der Waals surface area contributed by atoms with E-state index >= 15 is 0 Å². The molecule has 3 rings (SSSR count). The van der Waals surface area contributed by atoms with E-state index in [0.29, 0.717) is 0 Å². The fourth-order valence-corrected chi connectivity index (χ4v) is 1.79. The Labute approximate surface area is 56.3 Å². The minimum atomic E-state index is 0.759. The molecule has 0 aliphatic heterocycles. The highest BCUT2D eigenvalue weighted by atomic mass is 14.3. The van der Waals surface area contributed by atoms with Crippen LogP contribution in [0.1, 0.15) is 13.3 Å². The van der Waals surface area contributed by atoms with Gasteiger partial charge in [0.15, 0.2) is 0 Å². The standard InChI is InChI=1S/C9H12/c1-7-6-8-2-4-9(7)5-3-8/h2-5,7-9H,6H2,1H3. The molecule has 9 heavy (non-hydrogen) atoms. The monoisotopic (exact) mass is 120 g/mol. The summed E-state index contributed by atoms with van der Waals surface area (Å²) < 4.78 is 0. The second kappa shape index (κ2) is 1.73. The zero-order valence-electron chi connectivity index (χ0n) is 5.75. The fourth-order valence-electron chi connectivity index (χ4n) is 1.79. The molecule has 3 aliphatic carbocycles. The molecule has 0 N–H and O–H groups in total. The van der Waals surface area contributed by atoms with Crippen molar-refractivity contribution in [3.05, 3.63) is 24.3 Å². The number of fused-ring (bicyclic) bond motifs is 1. The summed E-state index contributed by atoms with van der Waals surface area (Å²) in [6.07, 6.45) is 10.7. The average Bonchev–Trinajstić information content (AvgIpc) is 1.90. The van der Waals surface area contributed by atoms with E-state index in [9.17, 15) is 0 Å². The van der Waals surface area contributed by atoms with Crippen LogP contribution in [0.4, 0.5) is 0 Å². The largest absolute Gasteiger partial charge is 0.0810 e. The molecule has 2 bridgehead atoms. The van der Waals surface area contributed by atoms with Crippen molar-refractivity contribution in [3.63, 3.8) is 0 Å². The highest BCUT2D eigenvalue weighted by Crippen LogP contribution is 2.34. The third-order valence-electron chi connectivity index (χ3n) is 2.46. The predicted molar refractivity (Wildman–Crippen MR) is 39.0 cm³/mol. The third-order valence-corrected chi connectivity index (χ3v) is 2.46. The molecule has 0 fully saturated rings. The van der Waals surface area contributed by atoms with E-state index in [1.54, 1.807) is 0 Å². The molecular weight excluding hydrogens is 108 g/mol. The van der Waals surface area contributed by atoms with Crippen molar-refractivity contribution in [1.29, 1.82) is 0 Å². The van der Waals surface area contributed by atoms with E-state index in [2.05, 4.69) is 31.2 Å². The Morgan fingerprint density at radius 3 is 2.00 bits per heavy atom. The van der Waals surface area contributed by atoms with E-state index in [1.807, 2.05) is 0 Å². The molecule has 0 nitrogen and oxygen atoms in total. The Balaban J connectivity index is 2.30. The van der Waals surface area contributed by atoms with Crippen molar-refractivity contribution in [3.8, 4) is 0 Å². The van der Waals surface area contributed by atoms with Crippen molar-refractivity contribution >= 4 is 0 Å². The van der Waals surface area contributed by atoms with Gasteiger partial charge in [-0.25, -0.2) is 0 Å². The van der Waals surface area contributed by atoms with Gasteiger partial charge in [0.1, 0.15) is 0 Å². The maximum absolute atomic E-state index is 2.35. The van der Waals surface area contributed by atoms with Crippen LogP contribution >= 0.6 is 0 Å². The van der Waals surface area contributed by atoms with Crippen molar-refractivity contribution < 1.29 is 0 Å². The molecule has 1 unspecified atom stereocenters. The van der Waals surface area contributed by atoms with E-state index in [-0.39, 0.29) is 0 Å². The van der Waals surface area contributed by atoms with Crippen LogP contribution in [0.5, 0.6) is 0 Å². The van der Waals surface area contributed by atoms with Gasteiger partial charge >= 0.3 is 0 Å². The molecule has 0 saturated heterocycles. The number of hydrogen-bond donors (Lipinski definition) is 0. The summed E-state index contributed by atoms with van der Waals surface area (Å²) in [5, 5.41) is 0. The van der Waals surface area contributed by atoms with Gasteiger partial charge in [-0.05, 0) is 24.2 Å². The molecule has 0 saturated carbocycles. The van der Waals surface area contributed by atoms with Crippen molar-refractivity contribution in [2.45, 2.75) is 13.3 Å². The quantitative estimate of drug-likeness (QED) is 0.430. The lowest BCUT2D eigenvalue weighted by molar-refractivity contribution is 0.384. The summed E-state index contributed by atoms with van der Waals surface area (Å²) in [7, 11) is 0. The molecule has 0 aromatic carbocycles. The minimum absolute atomic E-state index is 0.759. The highest BCUT2D eigenvalue weighted by molar-refractivity contribution is 5.18. The molecule has 0 amide bonds. The van der Waals surface area contributed by atoms with E-state index in [4.69, 9.17) is 0 Å². The highest BCUT2D eigenvalue weighted by Gasteiger charge is 2.23. The summed E-state index contributed by atoms with van der Waals surface area (Å²) in [6.45, 7) is 2.34. The van der Waals surface area contributed by atoms with Gasteiger partial charge in [-0.3, -0.25) is 0 Å². The van der Waals surface area contributed by atoms with Gasteiger partial charge in [-0.2, -0.15) is 0 Å². The van der Waals surface area contributed by atoms with Crippen molar-refractivity contribution in [2.75, 3.05) is 0 Å². The lowest BCUT2D eigenvalue weighted by atomic mass is 9.75. The molecule has 0 heteroatoms. The molecule has 48 valence electrons. The Bertz CT molecular complexity index is 151. The summed E-state index contributed by atoms with van der Waals surface area (Å²) in [5.41, 5.74) is 0. The van der Waals surface area contributed by atoms with Crippen molar-refractivity contribution in [1.82, 2.24) is 0 Å². The van der Waals surface area contributed by atoms with Gasteiger partial charge in [-0.1, -0.05) is 31.2 Å². The summed E-state index contributed by atoms with van der Waals surface area (Å²) >= 11 is 0. The Kier molecular flexibility index (Phi) is 1.01. The Morgan fingerprint density at radius 1 is 1.11 bits per heavy atom. The molecule has 0 aromatic heterocycles. The molecule has 0 heterocycles. The zero-order valence-corrected chi connectivity index (χ0v) is 5.75. The maximum atomic E-state index is 2.35. The van der Waals surface area contributed by atoms with Crippen LogP contribution in [-0.4, -0.2) is 0 Å². The van der Waals surface area contributed by atoms with Crippen LogP contribution in [0.15, 0.2) is 24.3 Å². The van der Waals surface area contributed by atoms with E-state index < -0.39 is 0 Å². The normalized spacial score (nSPS) is 46.1. The van der Waals surface area contributed by atoms with E-state index in [0.717, 1.165) is 17.8 Å². The van der Waals surface area contributed by atoms with Crippen LogP contribution in [-0.2, 0) is 0 Å². The van der Waals surface area contributed by atoms with Gasteiger partial charge in [0.05, 0.1) is 0 Å². The van der Waals surface area contributed by atoms with Gasteiger partial charge in [0.2, 0.25) is 0 Å². The lowest BCUT2D eigenvalue weighted by Crippen LogP contribution is -2.19.